The summed E-state index contributed by atoms with van der Waals surface area (Å²) in [5.41, 5.74) is 0. The van der Waals surface area contributed by atoms with Crippen molar-refractivity contribution in [1.29, 1.82) is 0 Å². The molecule has 0 aliphatic carbocycles. The van der Waals surface area contributed by atoms with E-state index in [1.807, 2.05) is 0 Å². The molecule has 0 aromatic carbocycles. The Labute approximate surface area is 54.5 Å². The van der Waals surface area contributed by atoms with Crippen LogP contribution in [-0.4, -0.2) is 15.2 Å². The Morgan fingerprint density at radius 2 is 2.30 bits per heavy atom. The van der Waals surface area contributed by atoms with Gasteiger partial charge in [-0.25, -0.2) is 0 Å². The Morgan fingerprint density at radius 1 is 1.60 bits per heavy atom. The second-order valence-corrected chi connectivity index (χ2v) is 1.51. The third kappa shape index (κ3) is 1.27. The topological polar surface area (TPSA) is 59.2 Å². The van der Waals surface area contributed by atoms with Gasteiger partial charge in [0.25, 0.3) is 5.89 Å². The van der Waals surface area contributed by atoms with E-state index in [4.69, 9.17) is 5.11 Å². The Kier molecular flexibility index (Phi) is 1.91. The van der Waals surface area contributed by atoms with E-state index in [1.54, 1.807) is 0 Å². The molecular weight excluding hydrogens is 146 g/mol. The van der Waals surface area contributed by atoms with Gasteiger partial charge < -0.3 is 9.63 Å². The fourth-order valence-corrected chi connectivity index (χ4v) is 0.420. The first-order valence-corrected chi connectivity index (χ1v) is 2.45. The largest absolute Gasteiger partial charge is 0.388 e. The lowest BCUT2D eigenvalue weighted by Crippen LogP contribution is -1.87. The summed E-state index contributed by atoms with van der Waals surface area (Å²) in [6.07, 6.45) is -2.77. The molecule has 1 rings (SSSR count). The van der Waals surface area contributed by atoms with Crippen LogP contribution in [-0.2, 0) is 6.61 Å². The van der Waals surface area contributed by atoms with Gasteiger partial charge in [0.15, 0.2) is 5.82 Å². The monoisotopic (exact) mass is 150 g/mol. The van der Waals surface area contributed by atoms with Crippen molar-refractivity contribution < 1.29 is 18.4 Å². The number of hydrogen-bond acceptors (Lipinski definition) is 4. The van der Waals surface area contributed by atoms with Crippen molar-refractivity contribution >= 4 is 0 Å². The van der Waals surface area contributed by atoms with Gasteiger partial charge >= 0.3 is 6.43 Å². The lowest BCUT2D eigenvalue weighted by Gasteiger charge is -1.83. The molecule has 56 valence electrons. The second kappa shape index (κ2) is 2.70. The molecule has 0 atom stereocenters. The molecule has 0 spiro atoms. The number of hydrogen-bond donors (Lipinski definition) is 1. The smallest absolute Gasteiger partial charge is 0.315 e. The Morgan fingerprint density at radius 3 is 2.60 bits per heavy atom. The summed E-state index contributed by atoms with van der Waals surface area (Å²) in [4.78, 5) is 3.15. The van der Waals surface area contributed by atoms with Crippen molar-refractivity contribution in [2.45, 2.75) is 13.0 Å². The van der Waals surface area contributed by atoms with Crippen molar-refractivity contribution in [3.63, 3.8) is 0 Å². The van der Waals surface area contributed by atoms with Crippen LogP contribution in [0.3, 0.4) is 0 Å². The standard InChI is InChI=1S/C4H4F2N2O2/c5-3(6)4-7-2(1-9)8-10-4/h3,9H,1H2. The molecule has 0 fully saturated rings. The van der Waals surface area contributed by atoms with Gasteiger partial charge in [-0.1, -0.05) is 5.16 Å². The molecule has 6 heteroatoms. The third-order valence-corrected chi connectivity index (χ3v) is 0.812. The summed E-state index contributed by atoms with van der Waals surface area (Å²) in [7, 11) is 0. The lowest BCUT2D eigenvalue weighted by molar-refractivity contribution is 0.106. The van der Waals surface area contributed by atoms with E-state index in [2.05, 4.69) is 14.7 Å². The third-order valence-electron chi connectivity index (χ3n) is 0.812. The molecular formula is C4H4F2N2O2. The average molecular weight is 150 g/mol. The van der Waals surface area contributed by atoms with Crippen LogP contribution in [0, 0.1) is 0 Å². The quantitative estimate of drug-likeness (QED) is 0.666. The van der Waals surface area contributed by atoms with Crippen LogP contribution in [0.4, 0.5) is 8.78 Å². The predicted molar refractivity (Wildman–Crippen MR) is 25.2 cm³/mol. The van der Waals surface area contributed by atoms with E-state index in [1.165, 1.54) is 0 Å². The molecule has 1 heterocycles. The van der Waals surface area contributed by atoms with Crippen LogP contribution in [0.25, 0.3) is 0 Å². The van der Waals surface area contributed by atoms with Crippen LogP contribution < -0.4 is 0 Å². The fourth-order valence-electron chi connectivity index (χ4n) is 0.420. The summed E-state index contributed by atoms with van der Waals surface area (Å²) in [5, 5.41) is 11.3. The summed E-state index contributed by atoms with van der Waals surface area (Å²) in [5.74, 6) is -0.889. The van der Waals surface area contributed by atoms with Crippen molar-refractivity contribution in [2.75, 3.05) is 0 Å². The van der Waals surface area contributed by atoms with E-state index in [0.29, 0.717) is 0 Å². The van der Waals surface area contributed by atoms with Gasteiger partial charge in [-0.15, -0.1) is 0 Å². The number of aliphatic hydroxyl groups excluding tert-OH is 1. The van der Waals surface area contributed by atoms with Crippen molar-refractivity contribution in [3.8, 4) is 0 Å². The highest BCUT2D eigenvalue weighted by atomic mass is 19.3. The first-order chi connectivity index (χ1) is 4.74. The first kappa shape index (κ1) is 7.07. The van der Waals surface area contributed by atoms with Crippen LogP contribution >= 0.6 is 0 Å². The van der Waals surface area contributed by atoms with Crippen molar-refractivity contribution in [2.24, 2.45) is 0 Å². The molecule has 0 amide bonds. The fraction of sp³-hybridized carbons (Fsp3) is 0.500. The number of rotatable bonds is 2. The number of halogens is 2. The highest BCUT2D eigenvalue weighted by Crippen LogP contribution is 2.15. The molecule has 0 aliphatic rings. The van der Waals surface area contributed by atoms with E-state index >= 15 is 0 Å². The zero-order valence-corrected chi connectivity index (χ0v) is 4.79. The second-order valence-electron chi connectivity index (χ2n) is 1.51. The first-order valence-electron chi connectivity index (χ1n) is 2.45. The summed E-state index contributed by atoms with van der Waals surface area (Å²) >= 11 is 0. The molecule has 0 saturated carbocycles. The Hall–Kier alpha value is -1.04. The molecule has 0 aliphatic heterocycles. The van der Waals surface area contributed by atoms with Crippen molar-refractivity contribution in [1.82, 2.24) is 10.1 Å². The Bertz CT molecular complexity index is 213. The van der Waals surface area contributed by atoms with Crippen molar-refractivity contribution in [3.05, 3.63) is 11.7 Å². The summed E-state index contributed by atoms with van der Waals surface area (Å²) in [6.45, 7) is -0.490. The molecule has 4 nitrogen and oxygen atoms in total. The maximum absolute atomic E-state index is 11.6. The van der Waals surface area contributed by atoms with Gasteiger partial charge in [0.2, 0.25) is 0 Å². The number of aliphatic hydroxyl groups is 1. The molecule has 0 bridgehead atoms. The summed E-state index contributed by atoms with van der Waals surface area (Å²) in [6, 6.07) is 0. The minimum atomic E-state index is -2.77. The molecule has 1 N–H and O–H groups in total. The highest BCUT2D eigenvalue weighted by Gasteiger charge is 2.15. The molecule has 1 aromatic rings. The maximum Gasteiger partial charge on any atom is 0.315 e. The maximum atomic E-state index is 11.6. The van der Waals surface area contributed by atoms with Gasteiger partial charge in [0.05, 0.1) is 0 Å². The Balaban J connectivity index is 2.78. The van der Waals surface area contributed by atoms with E-state index < -0.39 is 18.9 Å². The average Bonchev–Trinajstić information content (AvgIpc) is 2.34. The SMILES string of the molecule is OCc1noc(C(F)F)n1. The predicted octanol–water partition coefficient (Wildman–Crippen LogP) is 0.500. The van der Waals surface area contributed by atoms with E-state index in [-0.39, 0.29) is 5.82 Å². The molecule has 10 heavy (non-hydrogen) atoms. The minimum Gasteiger partial charge on any atom is -0.388 e. The number of nitrogens with zero attached hydrogens (tertiary/aromatic N) is 2. The van der Waals surface area contributed by atoms with Gasteiger partial charge in [-0.2, -0.15) is 13.8 Å². The van der Waals surface area contributed by atoms with Gasteiger partial charge in [-0.3, -0.25) is 0 Å². The van der Waals surface area contributed by atoms with Crippen LogP contribution in [0.1, 0.15) is 18.1 Å². The normalized spacial score (nSPS) is 10.8. The van der Waals surface area contributed by atoms with Gasteiger partial charge in [0.1, 0.15) is 6.61 Å². The number of aromatic nitrogens is 2. The lowest BCUT2D eigenvalue weighted by atomic mass is 10.6. The zero-order valence-electron chi connectivity index (χ0n) is 4.79. The summed E-state index contributed by atoms with van der Waals surface area (Å²) < 4.78 is 27.3. The molecule has 0 radical (unpaired) electrons. The van der Waals surface area contributed by atoms with Gasteiger partial charge in [-0.05, 0) is 0 Å². The van der Waals surface area contributed by atoms with E-state index in [0.717, 1.165) is 0 Å². The van der Waals surface area contributed by atoms with Gasteiger partial charge in [0, 0.05) is 0 Å². The zero-order chi connectivity index (χ0) is 7.56. The molecule has 0 unspecified atom stereocenters. The van der Waals surface area contributed by atoms with E-state index in [9.17, 15) is 8.78 Å². The minimum absolute atomic E-state index is 0.129. The van der Waals surface area contributed by atoms with Crippen LogP contribution in [0.5, 0.6) is 0 Å². The van der Waals surface area contributed by atoms with Crippen LogP contribution in [0.15, 0.2) is 4.52 Å². The van der Waals surface area contributed by atoms with Crippen LogP contribution in [0.2, 0.25) is 0 Å². The molecule has 1 aromatic heterocycles. The molecule has 0 saturated heterocycles. The highest BCUT2D eigenvalue weighted by molar-refractivity contribution is 4.84. The number of alkyl halides is 2.